The standard InChI is InChI=1S/C19H19N3O2S2/c1-2-11-24-15-9-7-14(8-10-15)12-20-22-18(23)13-25-19-21-16-5-3-4-6-17(16)26-19/h3-10,12H,2,11,13H2,1H3,(H,22,23)/b20-12+. The highest BCUT2D eigenvalue weighted by atomic mass is 32.2. The summed E-state index contributed by atoms with van der Waals surface area (Å²) in [4.78, 5) is 16.4. The number of nitrogens with one attached hydrogen (secondary N) is 1. The molecule has 0 aliphatic rings. The zero-order chi connectivity index (χ0) is 18.2. The Hall–Kier alpha value is -2.38. The third kappa shape index (κ3) is 5.31. The Morgan fingerprint density at radius 1 is 1.27 bits per heavy atom. The Morgan fingerprint density at radius 2 is 2.08 bits per heavy atom. The van der Waals surface area contributed by atoms with Gasteiger partial charge in [0, 0.05) is 0 Å². The van der Waals surface area contributed by atoms with Crippen molar-refractivity contribution >= 4 is 45.4 Å². The summed E-state index contributed by atoms with van der Waals surface area (Å²) < 4.78 is 7.53. The van der Waals surface area contributed by atoms with Crippen LogP contribution in [-0.4, -0.2) is 29.5 Å². The van der Waals surface area contributed by atoms with Crippen LogP contribution in [0.5, 0.6) is 5.75 Å². The van der Waals surface area contributed by atoms with E-state index in [-0.39, 0.29) is 11.7 Å². The van der Waals surface area contributed by atoms with E-state index in [1.54, 1.807) is 17.6 Å². The molecule has 1 heterocycles. The molecule has 0 spiro atoms. The number of aromatic nitrogens is 1. The van der Waals surface area contributed by atoms with Gasteiger partial charge in [-0.2, -0.15) is 5.10 Å². The molecule has 0 aliphatic heterocycles. The summed E-state index contributed by atoms with van der Waals surface area (Å²) in [5, 5.41) is 3.99. The number of hydrogen-bond donors (Lipinski definition) is 1. The van der Waals surface area contributed by atoms with Crippen molar-refractivity contribution in [1.29, 1.82) is 0 Å². The van der Waals surface area contributed by atoms with Crippen LogP contribution in [0.4, 0.5) is 0 Å². The van der Waals surface area contributed by atoms with E-state index in [4.69, 9.17) is 4.74 Å². The third-order valence-electron chi connectivity index (χ3n) is 3.36. The van der Waals surface area contributed by atoms with Crippen LogP contribution in [0.15, 0.2) is 58.0 Å². The molecule has 0 bridgehead atoms. The van der Waals surface area contributed by atoms with Crippen molar-refractivity contribution < 1.29 is 9.53 Å². The maximum atomic E-state index is 11.9. The molecule has 0 saturated heterocycles. The average molecular weight is 386 g/mol. The maximum absolute atomic E-state index is 11.9. The first-order valence-electron chi connectivity index (χ1n) is 8.28. The zero-order valence-corrected chi connectivity index (χ0v) is 16.0. The van der Waals surface area contributed by atoms with E-state index in [1.807, 2.05) is 48.5 Å². The molecular formula is C19H19N3O2S2. The van der Waals surface area contributed by atoms with E-state index in [1.165, 1.54) is 11.8 Å². The van der Waals surface area contributed by atoms with E-state index < -0.39 is 0 Å². The van der Waals surface area contributed by atoms with Crippen LogP contribution >= 0.6 is 23.1 Å². The number of ether oxygens (including phenoxy) is 1. The Morgan fingerprint density at radius 3 is 2.85 bits per heavy atom. The lowest BCUT2D eigenvalue weighted by Gasteiger charge is -2.03. The summed E-state index contributed by atoms with van der Waals surface area (Å²) in [5.41, 5.74) is 4.40. The largest absolute Gasteiger partial charge is 0.494 e. The normalized spacial score (nSPS) is 11.1. The summed E-state index contributed by atoms with van der Waals surface area (Å²) in [5.74, 6) is 0.953. The molecule has 3 rings (SSSR count). The van der Waals surface area contributed by atoms with E-state index in [2.05, 4.69) is 22.4 Å². The van der Waals surface area contributed by atoms with Crippen molar-refractivity contribution in [2.75, 3.05) is 12.4 Å². The van der Waals surface area contributed by atoms with Gasteiger partial charge in [0.1, 0.15) is 5.75 Å². The highest BCUT2D eigenvalue weighted by molar-refractivity contribution is 8.01. The first kappa shape index (κ1) is 18.4. The number of nitrogens with zero attached hydrogens (tertiary/aromatic N) is 2. The van der Waals surface area contributed by atoms with Crippen molar-refractivity contribution in [3.63, 3.8) is 0 Å². The second-order valence-corrected chi connectivity index (χ2v) is 7.70. The Kier molecular flexibility index (Phi) is 6.62. The number of thiazole rings is 1. The summed E-state index contributed by atoms with van der Waals surface area (Å²) >= 11 is 3.00. The summed E-state index contributed by atoms with van der Waals surface area (Å²) in [6, 6.07) is 15.5. The summed E-state index contributed by atoms with van der Waals surface area (Å²) in [6.07, 6.45) is 2.59. The fourth-order valence-electron chi connectivity index (χ4n) is 2.12. The summed E-state index contributed by atoms with van der Waals surface area (Å²) in [7, 11) is 0. The predicted molar refractivity (Wildman–Crippen MR) is 108 cm³/mol. The molecule has 0 atom stereocenters. The lowest BCUT2D eigenvalue weighted by atomic mass is 10.2. The van der Waals surface area contributed by atoms with E-state index in [9.17, 15) is 4.79 Å². The molecule has 1 N–H and O–H groups in total. The van der Waals surface area contributed by atoms with Gasteiger partial charge in [0.25, 0.3) is 5.91 Å². The van der Waals surface area contributed by atoms with E-state index in [0.717, 1.165) is 32.3 Å². The molecule has 1 aromatic heterocycles. The van der Waals surface area contributed by atoms with Gasteiger partial charge in [-0.3, -0.25) is 4.79 Å². The summed E-state index contributed by atoms with van der Waals surface area (Å²) in [6.45, 7) is 2.77. The third-order valence-corrected chi connectivity index (χ3v) is 5.54. The minimum atomic E-state index is -0.159. The second kappa shape index (κ2) is 9.35. The van der Waals surface area contributed by atoms with Crippen molar-refractivity contribution in [3.05, 3.63) is 54.1 Å². The fourth-order valence-corrected chi connectivity index (χ4v) is 3.98. The molecule has 0 radical (unpaired) electrons. The van der Waals surface area contributed by atoms with Gasteiger partial charge >= 0.3 is 0 Å². The highest BCUT2D eigenvalue weighted by Crippen LogP contribution is 2.28. The minimum absolute atomic E-state index is 0.159. The molecular weight excluding hydrogens is 366 g/mol. The van der Waals surface area contributed by atoms with Crippen LogP contribution < -0.4 is 10.2 Å². The van der Waals surface area contributed by atoms with Gasteiger partial charge in [-0.1, -0.05) is 30.8 Å². The van der Waals surface area contributed by atoms with Gasteiger partial charge in [-0.05, 0) is 48.4 Å². The fraction of sp³-hybridized carbons (Fsp3) is 0.211. The Bertz CT molecular complexity index is 858. The number of amides is 1. The van der Waals surface area contributed by atoms with E-state index >= 15 is 0 Å². The Labute approximate surface area is 160 Å². The number of hydrazone groups is 1. The number of carbonyl (C=O) groups excluding carboxylic acids is 1. The molecule has 0 saturated carbocycles. The topological polar surface area (TPSA) is 63.6 Å². The van der Waals surface area contributed by atoms with Gasteiger partial charge in [0.15, 0.2) is 4.34 Å². The molecule has 0 aliphatic carbocycles. The second-order valence-electron chi connectivity index (χ2n) is 5.45. The van der Waals surface area contributed by atoms with Crippen LogP contribution in [0.2, 0.25) is 0 Å². The van der Waals surface area contributed by atoms with Gasteiger partial charge in [-0.15, -0.1) is 11.3 Å². The molecule has 3 aromatic rings. The van der Waals surface area contributed by atoms with Gasteiger partial charge in [0.05, 0.1) is 28.8 Å². The number of para-hydroxylation sites is 1. The molecule has 1 amide bonds. The molecule has 0 unspecified atom stereocenters. The number of benzene rings is 2. The number of rotatable bonds is 8. The number of thioether (sulfide) groups is 1. The zero-order valence-electron chi connectivity index (χ0n) is 14.3. The number of fused-ring (bicyclic) bond motifs is 1. The van der Waals surface area contributed by atoms with Gasteiger partial charge in [-0.25, -0.2) is 10.4 Å². The van der Waals surface area contributed by atoms with Crippen molar-refractivity contribution in [1.82, 2.24) is 10.4 Å². The van der Waals surface area contributed by atoms with Crippen molar-refractivity contribution in [2.45, 2.75) is 17.7 Å². The predicted octanol–water partition coefficient (Wildman–Crippen LogP) is 4.33. The molecule has 0 fully saturated rings. The van der Waals surface area contributed by atoms with Crippen LogP contribution in [0.25, 0.3) is 10.2 Å². The SMILES string of the molecule is CCCOc1ccc(/C=N/NC(=O)CSc2nc3ccccc3s2)cc1. The maximum Gasteiger partial charge on any atom is 0.250 e. The minimum Gasteiger partial charge on any atom is -0.494 e. The van der Waals surface area contributed by atoms with Crippen LogP contribution in [0.3, 0.4) is 0 Å². The van der Waals surface area contributed by atoms with Gasteiger partial charge in [0.2, 0.25) is 0 Å². The monoisotopic (exact) mass is 385 g/mol. The highest BCUT2D eigenvalue weighted by Gasteiger charge is 2.06. The molecule has 26 heavy (non-hydrogen) atoms. The van der Waals surface area contributed by atoms with Crippen LogP contribution in [0, 0.1) is 0 Å². The number of carbonyl (C=O) groups is 1. The molecule has 2 aromatic carbocycles. The van der Waals surface area contributed by atoms with Crippen molar-refractivity contribution in [2.24, 2.45) is 5.10 Å². The molecule has 134 valence electrons. The first-order chi connectivity index (χ1) is 12.7. The van der Waals surface area contributed by atoms with Crippen LogP contribution in [0.1, 0.15) is 18.9 Å². The lowest BCUT2D eigenvalue weighted by molar-refractivity contribution is -0.118. The van der Waals surface area contributed by atoms with Crippen molar-refractivity contribution in [3.8, 4) is 5.75 Å². The average Bonchev–Trinajstić information content (AvgIpc) is 3.09. The molecule has 7 heteroatoms. The molecule has 5 nitrogen and oxygen atoms in total. The smallest absolute Gasteiger partial charge is 0.250 e. The number of hydrogen-bond acceptors (Lipinski definition) is 6. The Balaban J connectivity index is 1.45. The lowest BCUT2D eigenvalue weighted by Crippen LogP contribution is -2.19. The van der Waals surface area contributed by atoms with Gasteiger partial charge < -0.3 is 4.74 Å². The van der Waals surface area contributed by atoms with Crippen LogP contribution in [-0.2, 0) is 4.79 Å². The van der Waals surface area contributed by atoms with E-state index in [0.29, 0.717) is 6.61 Å². The quantitative estimate of drug-likeness (QED) is 0.356. The first-order valence-corrected chi connectivity index (χ1v) is 10.1.